The lowest BCUT2D eigenvalue weighted by Gasteiger charge is -2.15. The maximum atomic E-state index is 12.3. The fourth-order valence-corrected chi connectivity index (χ4v) is 2.58. The summed E-state index contributed by atoms with van der Waals surface area (Å²) in [6, 6.07) is 6.25. The van der Waals surface area contributed by atoms with Gasteiger partial charge in [0.25, 0.3) is 5.56 Å². The Balaban J connectivity index is 1.74. The minimum Gasteiger partial charge on any atom is -0.354 e. The monoisotopic (exact) mass is 315 g/mol. The molecule has 1 saturated heterocycles. The zero-order valence-electron chi connectivity index (χ0n) is 12.5. The molecule has 0 saturated carbocycles. The molecule has 2 N–H and O–H groups in total. The zero-order valence-corrected chi connectivity index (χ0v) is 12.5. The number of fused-ring (bicyclic) bond motifs is 1. The fourth-order valence-electron chi connectivity index (χ4n) is 2.58. The second-order valence-corrected chi connectivity index (χ2v) is 5.48. The minimum absolute atomic E-state index is 0.187. The molecule has 120 valence electrons. The van der Waals surface area contributed by atoms with Gasteiger partial charge in [-0.3, -0.25) is 14.4 Å². The Morgan fingerprint density at radius 1 is 1.30 bits per heavy atom. The average molecular weight is 315 g/mol. The van der Waals surface area contributed by atoms with E-state index in [-0.39, 0.29) is 18.0 Å². The predicted molar refractivity (Wildman–Crippen MR) is 82.6 cm³/mol. The van der Waals surface area contributed by atoms with Gasteiger partial charge in [-0.05, 0) is 31.4 Å². The van der Waals surface area contributed by atoms with Crippen LogP contribution >= 0.6 is 0 Å². The van der Waals surface area contributed by atoms with E-state index in [0.717, 1.165) is 17.5 Å². The molecule has 1 aliphatic heterocycles. The van der Waals surface area contributed by atoms with Gasteiger partial charge in [0.1, 0.15) is 18.1 Å². The van der Waals surface area contributed by atoms with Crippen molar-refractivity contribution in [2.75, 3.05) is 6.54 Å². The second kappa shape index (κ2) is 6.55. The van der Waals surface area contributed by atoms with Crippen LogP contribution < -0.4 is 16.2 Å². The number of carbonyl (C=O) groups excluding carboxylic acids is 2. The van der Waals surface area contributed by atoms with E-state index >= 15 is 0 Å². The maximum absolute atomic E-state index is 12.3. The van der Waals surface area contributed by atoms with Crippen LogP contribution in [0.2, 0.25) is 0 Å². The Labute approximate surface area is 131 Å². The number of nitrogens with one attached hydrogen (secondary N) is 2. The normalized spacial score (nSPS) is 18.3. The van der Waals surface area contributed by atoms with Crippen LogP contribution in [0.15, 0.2) is 29.1 Å². The molecule has 0 bridgehead atoms. The highest BCUT2D eigenvalue weighted by molar-refractivity contribution is 5.87. The molecule has 3 rings (SSSR count). The van der Waals surface area contributed by atoms with Crippen LogP contribution in [-0.4, -0.2) is 39.4 Å². The van der Waals surface area contributed by atoms with Crippen molar-refractivity contribution in [2.24, 2.45) is 0 Å². The molecule has 8 heteroatoms. The summed E-state index contributed by atoms with van der Waals surface area (Å²) in [6.07, 6.45) is 2.35. The van der Waals surface area contributed by atoms with Gasteiger partial charge in [0, 0.05) is 6.54 Å². The summed E-state index contributed by atoms with van der Waals surface area (Å²) in [5, 5.41) is 13.5. The number of rotatable bonds is 3. The standard InChI is InChI=1S/C15H17N5O3/c21-13(17-12-7-3-4-8-16-14(12)22)9-20-15(23)10-5-1-2-6-11(10)18-19-20/h1-2,5-6,12H,3-4,7-9H2,(H,16,22)(H,17,21)/t12-/m0/s1. The van der Waals surface area contributed by atoms with Crippen molar-refractivity contribution >= 4 is 22.7 Å². The largest absolute Gasteiger partial charge is 0.354 e. The molecular formula is C15H17N5O3. The first kappa shape index (κ1) is 15.1. The molecule has 0 unspecified atom stereocenters. The van der Waals surface area contributed by atoms with E-state index in [1.807, 2.05) is 0 Å². The van der Waals surface area contributed by atoms with Gasteiger partial charge >= 0.3 is 0 Å². The van der Waals surface area contributed by atoms with Gasteiger partial charge in [0.15, 0.2) is 0 Å². The number of carbonyl (C=O) groups is 2. The van der Waals surface area contributed by atoms with E-state index < -0.39 is 11.9 Å². The van der Waals surface area contributed by atoms with Crippen LogP contribution in [-0.2, 0) is 16.1 Å². The Kier molecular flexibility index (Phi) is 4.31. The molecule has 1 aromatic carbocycles. The second-order valence-electron chi connectivity index (χ2n) is 5.48. The Morgan fingerprint density at radius 2 is 2.13 bits per heavy atom. The highest BCUT2D eigenvalue weighted by Gasteiger charge is 2.22. The van der Waals surface area contributed by atoms with Gasteiger partial charge in [-0.15, -0.1) is 5.10 Å². The highest BCUT2D eigenvalue weighted by atomic mass is 16.2. The molecule has 23 heavy (non-hydrogen) atoms. The number of nitrogens with zero attached hydrogens (tertiary/aromatic N) is 3. The van der Waals surface area contributed by atoms with Gasteiger partial charge in [-0.2, -0.15) is 0 Å². The minimum atomic E-state index is -0.561. The molecule has 2 amide bonds. The molecule has 2 aromatic rings. The van der Waals surface area contributed by atoms with Crippen molar-refractivity contribution in [2.45, 2.75) is 31.8 Å². The van der Waals surface area contributed by atoms with E-state index in [9.17, 15) is 14.4 Å². The summed E-state index contributed by atoms with van der Waals surface area (Å²) in [4.78, 5) is 36.2. The molecule has 1 aliphatic rings. The Morgan fingerprint density at radius 3 is 3.00 bits per heavy atom. The Hall–Kier alpha value is -2.77. The van der Waals surface area contributed by atoms with E-state index in [4.69, 9.17) is 0 Å². The van der Waals surface area contributed by atoms with E-state index in [1.54, 1.807) is 24.3 Å². The maximum Gasteiger partial charge on any atom is 0.278 e. The first-order valence-corrected chi connectivity index (χ1v) is 7.55. The van der Waals surface area contributed by atoms with Crippen LogP contribution in [0, 0.1) is 0 Å². The first-order chi connectivity index (χ1) is 11.1. The van der Waals surface area contributed by atoms with Crippen molar-refractivity contribution < 1.29 is 9.59 Å². The smallest absolute Gasteiger partial charge is 0.278 e. The van der Waals surface area contributed by atoms with E-state index in [0.29, 0.717) is 23.9 Å². The third kappa shape index (κ3) is 3.36. The molecule has 0 spiro atoms. The van der Waals surface area contributed by atoms with Crippen molar-refractivity contribution in [1.82, 2.24) is 25.6 Å². The SMILES string of the molecule is O=C(Cn1nnc2ccccc2c1=O)N[C@H]1CCCCNC1=O. The third-order valence-corrected chi connectivity index (χ3v) is 3.79. The summed E-state index contributed by atoms with van der Waals surface area (Å²) >= 11 is 0. The van der Waals surface area contributed by atoms with E-state index in [2.05, 4.69) is 20.9 Å². The van der Waals surface area contributed by atoms with Crippen LogP contribution in [0.4, 0.5) is 0 Å². The Bertz CT molecular complexity index is 801. The summed E-state index contributed by atoms with van der Waals surface area (Å²) in [5.74, 6) is -0.619. The first-order valence-electron chi connectivity index (χ1n) is 7.55. The van der Waals surface area contributed by atoms with Crippen molar-refractivity contribution in [3.8, 4) is 0 Å². The summed E-state index contributed by atoms with van der Waals surface area (Å²) in [6.45, 7) is 0.362. The number of hydrogen-bond donors (Lipinski definition) is 2. The summed E-state index contributed by atoms with van der Waals surface area (Å²) in [7, 11) is 0. The van der Waals surface area contributed by atoms with Crippen LogP contribution in [0.1, 0.15) is 19.3 Å². The van der Waals surface area contributed by atoms with Gasteiger partial charge in [-0.1, -0.05) is 17.3 Å². The molecule has 1 atom stereocenters. The highest BCUT2D eigenvalue weighted by Crippen LogP contribution is 2.06. The average Bonchev–Trinajstić information content (AvgIpc) is 2.75. The summed E-state index contributed by atoms with van der Waals surface area (Å²) in [5.41, 5.74) is 0.105. The lowest BCUT2D eigenvalue weighted by atomic mass is 10.1. The van der Waals surface area contributed by atoms with Crippen molar-refractivity contribution in [1.29, 1.82) is 0 Å². The third-order valence-electron chi connectivity index (χ3n) is 3.79. The number of hydrogen-bond acceptors (Lipinski definition) is 5. The molecule has 0 radical (unpaired) electrons. The lowest BCUT2D eigenvalue weighted by Crippen LogP contribution is -2.47. The van der Waals surface area contributed by atoms with Gasteiger partial charge in [-0.25, -0.2) is 4.68 Å². The quantitative estimate of drug-likeness (QED) is 0.800. The molecule has 0 aliphatic carbocycles. The van der Waals surface area contributed by atoms with Crippen LogP contribution in [0.3, 0.4) is 0 Å². The van der Waals surface area contributed by atoms with Gasteiger partial charge < -0.3 is 10.6 Å². The van der Waals surface area contributed by atoms with Crippen LogP contribution in [0.25, 0.3) is 10.9 Å². The lowest BCUT2D eigenvalue weighted by molar-refractivity contribution is -0.129. The zero-order chi connectivity index (χ0) is 16.2. The van der Waals surface area contributed by atoms with Crippen molar-refractivity contribution in [3.63, 3.8) is 0 Å². The topological polar surface area (TPSA) is 106 Å². The molecule has 8 nitrogen and oxygen atoms in total. The van der Waals surface area contributed by atoms with Crippen molar-refractivity contribution in [3.05, 3.63) is 34.6 Å². The molecule has 1 aromatic heterocycles. The fraction of sp³-hybridized carbons (Fsp3) is 0.400. The summed E-state index contributed by atoms with van der Waals surface area (Å²) < 4.78 is 1.01. The molecule has 1 fully saturated rings. The number of benzene rings is 1. The van der Waals surface area contributed by atoms with Crippen LogP contribution in [0.5, 0.6) is 0 Å². The van der Waals surface area contributed by atoms with Gasteiger partial charge in [0.2, 0.25) is 11.8 Å². The molecule has 2 heterocycles. The number of amides is 2. The predicted octanol–water partition coefficient (Wildman–Crippen LogP) is -0.424. The van der Waals surface area contributed by atoms with Gasteiger partial charge in [0.05, 0.1) is 5.39 Å². The van der Waals surface area contributed by atoms with E-state index in [1.165, 1.54) is 0 Å². The number of aromatic nitrogens is 3. The molecular weight excluding hydrogens is 298 g/mol.